The number of carboxylic acid groups (broad SMARTS) is 1. The molecule has 0 saturated carbocycles. The highest BCUT2D eigenvalue weighted by molar-refractivity contribution is 6.46. The molecule has 17 heavy (non-hydrogen) atoms. The van der Waals surface area contributed by atoms with E-state index in [-0.39, 0.29) is 22.9 Å². The third-order valence-electron chi connectivity index (χ3n) is 2.90. The molecule has 2 N–H and O–H groups in total. The van der Waals surface area contributed by atoms with E-state index in [1.54, 1.807) is 12.1 Å². The number of carbonyl (C=O) groups is 1. The first kappa shape index (κ1) is 11.8. The number of carboxylic acids is 1. The topological polar surface area (TPSA) is 76.0 Å². The minimum absolute atomic E-state index is 0.0315. The van der Waals surface area contributed by atoms with Crippen molar-refractivity contribution in [3.63, 3.8) is 0 Å². The highest BCUT2D eigenvalue weighted by Gasteiger charge is 2.35. The fourth-order valence-corrected chi connectivity index (χ4v) is 1.96. The maximum absolute atomic E-state index is 11.2. The molecule has 0 aliphatic carbocycles. The van der Waals surface area contributed by atoms with E-state index in [4.69, 9.17) is 14.5 Å². The van der Waals surface area contributed by atoms with E-state index in [2.05, 4.69) is 0 Å². The number of hydrogen-bond acceptors (Lipinski definition) is 4. The maximum atomic E-state index is 11.2. The summed E-state index contributed by atoms with van der Waals surface area (Å²) in [5, 5.41) is 18.8. The standard InChI is InChI=1S/C11H13BO5/c1-6-5-7-3-4-8(16-2)9(11(13)14)10(7)17-12(6)15/h3-4,6,15H,5H2,1-2H3,(H,13,14)/t6-/m0/s1. The van der Waals surface area contributed by atoms with Crippen molar-refractivity contribution in [3.05, 3.63) is 23.3 Å². The molecule has 0 saturated heterocycles. The summed E-state index contributed by atoms with van der Waals surface area (Å²) in [6, 6.07) is 3.37. The summed E-state index contributed by atoms with van der Waals surface area (Å²) < 4.78 is 10.3. The van der Waals surface area contributed by atoms with Crippen LogP contribution in [0.15, 0.2) is 12.1 Å². The minimum Gasteiger partial charge on any atom is -0.535 e. The lowest BCUT2D eigenvalue weighted by Gasteiger charge is -2.26. The molecule has 0 bridgehead atoms. The molecule has 1 heterocycles. The number of methoxy groups -OCH3 is 1. The number of rotatable bonds is 2. The van der Waals surface area contributed by atoms with Gasteiger partial charge in [-0.15, -0.1) is 0 Å². The Hall–Kier alpha value is -1.69. The van der Waals surface area contributed by atoms with Gasteiger partial charge in [0.2, 0.25) is 0 Å². The van der Waals surface area contributed by atoms with Gasteiger partial charge in [-0.3, -0.25) is 0 Å². The molecule has 0 amide bonds. The van der Waals surface area contributed by atoms with E-state index in [9.17, 15) is 9.82 Å². The first-order valence-corrected chi connectivity index (χ1v) is 5.32. The first-order chi connectivity index (χ1) is 8.04. The molecule has 1 aliphatic heterocycles. The normalized spacial score (nSPS) is 18.3. The molecule has 90 valence electrons. The van der Waals surface area contributed by atoms with E-state index in [1.807, 2.05) is 6.92 Å². The first-order valence-electron chi connectivity index (χ1n) is 5.32. The van der Waals surface area contributed by atoms with Crippen molar-refractivity contribution in [2.24, 2.45) is 0 Å². The molecule has 2 rings (SSSR count). The zero-order chi connectivity index (χ0) is 12.6. The van der Waals surface area contributed by atoms with Crippen molar-refractivity contribution < 1.29 is 24.3 Å². The molecule has 6 heteroatoms. The van der Waals surface area contributed by atoms with Gasteiger partial charge in [-0.1, -0.05) is 13.0 Å². The maximum Gasteiger partial charge on any atom is 0.525 e. The quantitative estimate of drug-likeness (QED) is 0.754. The number of benzene rings is 1. The van der Waals surface area contributed by atoms with Gasteiger partial charge in [0, 0.05) is 5.82 Å². The summed E-state index contributed by atoms with van der Waals surface area (Å²) in [7, 11) is 0.420. The van der Waals surface area contributed by atoms with E-state index >= 15 is 0 Å². The average Bonchev–Trinajstić information content (AvgIpc) is 2.29. The van der Waals surface area contributed by atoms with Crippen molar-refractivity contribution in [2.45, 2.75) is 19.2 Å². The predicted octanol–water partition coefficient (Wildman–Crippen LogP) is 1.20. The van der Waals surface area contributed by atoms with Crippen molar-refractivity contribution in [1.29, 1.82) is 0 Å². The molecule has 0 unspecified atom stereocenters. The monoisotopic (exact) mass is 236 g/mol. The van der Waals surface area contributed by atoms with E-state index in [0.717, 1.165) is 5.56 Å². The number of fused-ring (bicyclic) bond motifs is 1. The number of hydrogen-bond donors (Lipinski definition) is 2. The van der Waals surface area contributed by atoms with Crippen LogP contribution in [0.2, 0.25) is 5.82 Å². The lowest BCUT2D eigenvalue weighted by molar-refractivity contribution is 0.0690. The Balaban J connectivity index is 2.56. The second-order valence-corrected chi connectivity index (χ2v) is 4.13. The smallest absolute Gasteiger partial charge is 0.525 e. The van der Waals surface area contributed by atoms with E-state index < -0.39 is 13.1 Å². The summed E-state index contributed by atoms with van der Waals surface area (Å²) in [6.45, 7) is 1.85. The van der Waals surface area contributed by atoms with Gasteiger partial charge in [0.25, 0.3) is 0 Å². The van der Waals surface area contributed by atoms with Gasteiger partial charge >= 0.3 is 13.1 Å². The molecule has 0 radical (unpaired) electrons. The van der Waals surface area contributed by atoms with Gasteiger partial charge in [0.1, 0.15) is 17.1 Å². The minimum atomic E-state index is -1.12. The van der Waals surface area contributed by atoms with Crippen molar-refractivity contribution in [1.82, 2.24) is 0 Å². The Bertz CT molecular complexity index is 459. The molecule has 5 nitrogen and oxygen atoms in total. The van der Waals surface area contributed by atoms with Gasteiger partial charge in [-0.25, -0.2) is 4.79 Å². The third kappa shape index (κ3) is 1.96. The zero-order valence-electron chi connectivity index (χ0n) is 9.64. The summed E-state index contributed by atoms with van der Waals surface area (Å²) >= 11 is 0. The Morgan fingerprint density at radius 3 is 2.88 bits per heavy atom. The Kier molecular flexibility index (Phi) is 2.98. The lowest BCUT2D eigenvalue weighted by Crippen LogP contribution is -2.33. The van der Waals surface area contributed by atoms with Crippen LogP contribution in [0, 0.1) is 0 Å². The van der Waals surface area contributed by atoms with Crippen LogP contribution in [0.1, 0.15) is 22.8 Å². The highest BCUT2D eigenvalue weighted by Crippen LogP contribution is 2.38. The van der Waals surface area contributed by atoms with Crippen molar-refractivity contribution in [3.8, 4) is 11.5 Å². The average molecular weight is 236 g/mol. The molecule has 0 fully saturated rings. The van der Waals surface area contributed by atoms with Gasteiger partial charge in [0.05, 0.1) is 7.11 Å². The molecule has 1 aromatic rings. The van der Waals surface area contributed by atoms with Crippen LogP contribution in [0.3, 0.4) is 0 Å². The summed E-state index contributed by atoms with van der Waals surface area (Å²) in [4.78, 5) is 11.2. The van der Waals surface area contributed by atoms with Crippen LogP contribution in [-0.2, 0) is 6.42 Å². The van der Waals surface area contributed by atoms with Gasteiger partial charge in [-0.2, -0.15) is 0 Å². The Labute approximate surface area is 99.1 Å². The summed E-state index contributed by atoms with van der Waals surface area (Å²) in [5.74, 6) is -0.738. The second-order valence-electron chi connectivity index (χ2n) is 4.13. The van der Waals surface area contributed by atoms with E-state index in [0.29, 0.717) is 6.42 Å². The Morgan fingerprint density at radius 1 is 1.59 bits per heavy atom. The molecule has 1 aliphatic rings. The fraction of sp³-hybridized carbons (Fsp3) is 0.364. The Morgan fingerprint density at radius 2 is 2.29 bits per heavy atom. The molecule has 1 aromatic carbocycles. The molecule has 0 spiro atoms. The molecular formula is C11H13BO5. The van der Waals surface area contributed by atoms with Crippen molar-refractivity contribution in [2.75, 3.05) is 7.11 Å². The molecule has 0 aromatic heterocycles. The second kappa shape index (κ2) is 4.29. The molecular weight excluding hydrogens is 223 g/mol. The van der Waals surface area contributed by atoms with Gasteiger partial charge in [0.15, 0.2) is 0 Å². The van der Waals surface area contributed by atoms with Crippen LogP contribution < -0.4 is 9.39 Å². The number of aromatic carboxylic acids is 1. The van der Waals surface area contributed by atoms with Gasteiger partial charge in [-0.05, 0) is 18.1 Å². The van der Waals surface area contributed by atoms with Crippen molar-refractivity contribution >= 4 is 13.1 Å². The van der Waals surface area contributed by atoms with Gasteiger partial charge < -0.3 is 19.5 Å². The fourth-order valence-electron chi connectivity index (χ4n) is 1.96. The predicted molar refractivity (Wildman–Crippen MR) is 61.7 cm³/mol. The zero-order valence-corrected chi connectivity index (χ0v) is 9.64. The van der Waals surface area contributed by atoms with E-state index in [1.165, 1.54) is 7.11 Å². The van der Waals surface area contributed by atoms with Crippen LogP contribution in [0.4, 0.5) is 0 Å². The lowest BCUT2D eigenvalue weighted by atomic mass is 9.68. The van der Waals surface area contributed by atoms with Crippen LogP contribution in [0.5, 0.6) is 11.5 Å². The third-order valence-corrected chi connectivity index (χ3v) is 2.90. The largest absolute Gasteiger partial charge is 0.535 e. The summed E-state index contributed by atoms with van der Waals surface area (Å²) in [6.07, 6.45) is 0.584. The van der Waals surface area contributed by atoms with Crippen LogP contribution in [-0.4, -0.2) is 30.3 Å². The summed E-state index contributed by atoms with van der Waals surface area (Å²) in [5.41, 5.74) is 0.747. The highest BCUT2D eigenvalue weighted by atomic mass is 16.5. The SMILES string of the molecule is COc1ccc2c(c1C(=O)O)OB(O)[C@@H](C)C2. The molecule has 1 atom stereocenters. The number of ether oxygens (including phenoxy) is 1. The van der Waals surface area contributed by atoms with Crippen LogP contribution in [0.25, 0.3) is 0 Å². The van der Waals surface area contributed by atoms with Crippen LogP contribution >= 0.6 is 0 Å².